The Morgan fingerprint density at radius 2 is 2.00 bits per heavy atom. The van der Waals surface area contributed by atoms with E-state index in [2.05, 4.69) is 20.5 Å². The summed E-state index contributed by atoms with van der Waals surface area (Å²) in [6, 6.07) is 8.29. The summed E-state index contributed by atoms with van der Waals surface area (Å²) in [5, 5.41) is 8.71. The van der Waals surface area contributed by atoms with E-state index in [1.54, 1.807) is 19.1 Å². The van der Waals surface area contributed by atoms with Crippen molar-refractivity contribution in [1.82, 2.24) is 24.6 Å². The molecule has 2 aromatic heterocycles. The first kappa shape index (κ1) is 26.2. The number of aryl methyl sites for hydroxylation is 1. The van der Waals surface area contributed by atoms with Gasteiger partial charge in [0, 0.05) is 43.0 Å². The predicted octanol–water partition coefficient (Wildman–Crippen LogP) is 4.59. The molecular formula is C27H27FN6O4S. The molecule has 1 aliphatic heterocycles. The number of fused-ring (bicyclic) bond motifs is 1. The zero-order valence-corrected chi connectivity index (χ0v) is 22.6. The third kappa shape index (κ3) is 5.15. The Hall–Kier alpha value is -4.45. The third-order valence-electron chi connectivity index (χ3n) is 6.21. The van der Waals surface area contributed by atoms with Gasteiger partial charge in [-0.2, -0.15) is 5.10 Å². The van der Waals surface area contributed by atoms with Crippen LogP contribution in [0.5, 0.6) is 5.75 Å². The molecule has 4 aromatic rings. The van der Waals surface area contributed by atoms with Crippen molar-refractivity contribution in [3.8, 4) is 5.75 Å². The number of aromatic amines is 1. The van der Waals surface area contributed by atoms with Crippen molar-refractivity contribution in [3.05, 3.63) is 83.7 Å². The van der Waals surface area contributed by atoms with Crippen LogP contribution in [0.15, 0.2) is 76.6 Å². The number of carbonyl (C=O) groups excluding carboxylic acids is 1. The minimum Gasteiger partial charge on any atom is -0.458 e. The highest BCUT2D eigenvalue weighted by Gasteiger charge is 2.25. The van der Waals surface area contributed by atoms with Crippen LogP contribution in [0.2, 0.25) is 0 Å². The highest BCUT2D eigenvalue weighted by atomic mass is 32.2. The lowest BCUT2D eigenvalue weighted by molar-refractivity contribution is 0.102. The van der Waals surface area contributed by atoms with Gasteiger partial charge < -0.3 is 14.2 Å². The Morgan fingerprint density at radius 3 is 2.67 bits per heavy atom. The molecule has 1 aliphatic rings. The molecule has 5 rings (SSSR count). The second-order valence-corrected chi connectivity index (χ2v) is 11.4. The Morgan fingerprint density at radius 1 is 1.21 bits per heavy atom. The number of sulfone groups is 1. The van der Waals surface area contributed by atoms with Gasteiger partial charge in [0.1, 0.15) is 17.3 Å². The van der Waals surface area contributed by atoms with Crippen molar-refractivity contribution in [1.29, 1.82) is 0 Å². The van der Waals surface area contributed by atoms with Gasteiger partial charge in [0.25, 0.3) is 5.91 Å². The molecule has 202 valence electrons. The lowest BCUT2D eigenvalue weighted by Crippen LogP contribution is -2.18. The number of nitrogens with one attached hydrogen (secondary N) is 2. The fourth-order valence-electron chi connectivity index (χ4n) is 4.27. The number of amides is 1. The molecule has 3 heterocycles. The van der Waals surface area contributed by atoms with Gasteiger partial charge in [-0.3, -0.25) is 15.2 Å². The molecule has 0 radical (unpaired) electrons. The topological polar surface area (TPSA) is 122 Å². The Bertz CT molecular complexity index is 1750. The van der Waals surface area contributed by atoms with Gasteiger partial charge in [-0.1, -0.05) is 0 Å². The summed E-state index contributed by atoms with van der Waals surface area (Å²) in [4.78, 5) is 19.4. The standard InChI is InChI=1S/C27H27FN6O4S/c1-16(2)34-24-14-21(38-20-7-9-33(4)10-8-20)5-6-23(24)30-27(34)31-25(35)18-11-19(28)13-22(12-18)39(36,37)26-17(3)15-29-32-26/h5-9,11-16H,10H2,1-4H3,(H,29,32)(H,30,31,35). The summed E-state index contributed by atoms with van der Waals surface area (Å²) in [5.41, 5.74) is 1.56. The average molecular weight is 551 g/mol. The van der Waals surface area contributed by atoms with Gasteiger partial charge >= 0.3 is 0 Å². The number of imidazole rings is 1. The molecule has 0 saturated heterocycles. The zero-order valence-electron chi connectivity index (χ0n) is 21.8. The maximum absolute atomic E-state index is 14.5. The molecule has 0 spiro atoms. The monoisotopic (exact) mass is 550 g/mol. The van der Waals surface area contributed by atoms with Crippen LogP contribution >= 0.6 is 0 Å². The van der Waals surface area contributed by atoms with Crippen molar-refractivity contribution in [2.45, 2.75) is 36.7 Å². The van der Waals surface area contributed by atoms with Gasteiger partial charge in [0.05, 0.1) is 22.1 Å². The summed E-state index contributed by atoms with van der Waals surface area (Å²) in [5.74, 6) is -0.00787. The van der Waals surface area contributed by atoms with Crippen LogP contribution < -0.4 is 10.1 Å². The van der Waals surface area contributed by atoms with E-state index in [1.807, 2.05) is 54.8 Å². The number of benzene rings is 2. The predicted molar refractivity (Wildman–Crippen MR) is 144 cm³/mol. The average Bonchev–Trinajstić information content (AvgIpc) is 3.48. The summed E-state index contributed by atoms with van der Waals surface area (Å²) < 4.78 is 48.4. The molecule has 39 heavy (non-hydrogen) atoms. The normalized spacial score (nSPS) is 13.7. The molecule has 12 heteroatoms. The van der Waals surface area contributed by atoms with E-state index in [4.69, 9.17) is 4.74 Å². The number of allylic oxidation sites excluding steroid dienone is 1. The molecule has 0 saturated carbocycles. The molecule has 0 bridgehead atoms. The van der Waals surface area contributed by atoms with E-state index in [9.17, 15) is 17.6 Å². The van der Waals surface area contributed by atoms with Crippen LogP contribution in [-0.4, -0.2) is 52.6 Å². The lowest BCUT2D eigenvalue weighted by Gasteiger charge is -2.17. The number of nitrogens with zero attached hydrogens (tertiary/aromatic N) is 4. The Labute approximate surface area is 224 Å². The number of hydrogen-bond acceptors (Lipinski definition) is 7. The molecule has 2 N–H and O–H groups in total. The first-order valence-electron chi connectivity index (χ1n) is 12.2. The second-order valence-electron chi connectivity index (χ2n) is 9.53. The van der Waals surface area contributed by atoms with E-state index in [0.29, 0.717) is 16.8 Å². The van der Waals surface area contributed by atoms with Crippen LogP contribution in [0, 0.1) is 12.7 Å². The summed E-state index contributed by atoms with van der Waals surface area (Å²) >= 11 is 0. The molecular weight excluding hydrogens is 523 g/mol. The van der Waals surface area contributed by atoms with Crippen molar-refractivity contribution in [3.63, 3.8) is 0 Å². The molecule has 0 atom stereocenters. The number of rotatable bonds is 7. The lowest BCUT2D eigenvalue weighted by atomic mass is 10.2. The van der Waals surface area contributed by atoms with Crippen LogP contribution in [0.4, 0.5) is 10.3 Å². The number of hydrogen-bond donors (Lipinski definition) is 2. The van der Waals surface area contributed by atoms with E-state index >= 15 is 0 Å². The number of likely N-dealkylation sites (N-methyl/N-ethyl adjacent to an activating group) is 1. The van der Waals surface area contributed by atoms with E-state index < -0.39 is 21.6 Å². The number of H-pyrrole nitrogens is 1. The maximum Gasteiger partial charge on any atom is 0.258 e. The van der Waals surface area contributed by atoms with Crippen molar-refractivity contribution in [2.75, 3.05) is 18.9 Å². The summed E-state index contributed by atoms with van der Waals surface area (Å²) in [6.45, 7) is 6.18. The van der Waals surface area contributed by atoms with Gasteiger partial charge in [-0.25, -0.2) is 17.8 Å². The molecule has 0 unspecified atom stereocenters. The van der Waals surface area contributed by atoms with Crippen LogP contribution in [0.1, 0.15) is 35.8 Å². The number of aromatic nitrogens is 4. The van der Waals surface area contributed by atoms with E-state index in [1.165, 1.54) is 6.20 Å². The fourth-order valence-corrected chi connectivity index (χ4v) is 5.70. The number of anilines is 1. The number of halogens is 1. The number of carbonyl (C=O) groups is 1. The Kier molecular flexibility index (Phi) is 6.73. The van der Waals surface area contributed by atoms with Gasteiger partial charge in [-0.15, -0.1) is 0 Å². The molecule has 0 fully saturated rings. The van der Waals surface area contributed by atoms with E-state index in [0.717, 1.165) is 36.0 Å². The van der Waals surface area contributed by atoms with E-state index in [-0.39, 0.29) is 27.5 Å². The summed E-state index contributed by atoms with van der Waals surface area (Å²) in [7, 11) is -2.16. The highest BCUT2D eigenvalue weighted by Crippen LogP contribution is 2.30. The van der Waals surface area contributed by atoms with Crippen molar-refractivity contribution in [2.24, 2.45) is 0 Å². The highest BCUT2D eigenvalue weighted by molar-refractivity contribution is 7.91. The first-order valence-corrected chi connectivity index (χ1v) is 13.7. The first-order chi connectivity index (χ1) is 18.5. The van der Waals surface area contributed by atoms with Gasteiger partial charge in [0.15, 0.2) is 5.03 Å². The molecule has 2 aromatic carbocycles. The fraction of sp³-hybridized carbons (Fsp3) is 0.222. The Balaban J connectivity index is 1.46. The van der Waals surface area contributed by atoms with Gasteiger partial charge in [-0.05, 0) is 63.3 Å². The van der Waals surface area contributed by atoms with Gasteiger partial charge in [0.2, 0.25) is 15.8 Å². The van der Waals surface area contributed by atoms with Crippen LogP contribution in [-0.2, 0) is 9.84 Å². The second kappa shape index (κ2) is 10.0. The molecule has 1 amide bonds. The summed E-state index contributed by atoms with van der Waals surface area (Å²) in [6.07, 6.45) is 7.13. The maximum atomic E-state index is 14.5. The van der Waals surface area contributed by atoms with Crippen molar-refractivity contribution >= 4 is 32.7 Å². The van der Waals surface area contributed by atoms with Crippen LogP contribution in [0.3, 0.4) is 0 Å². The quantitative estimate of drug-likeness (QED) is 0.345. The molecule has 0 aliphatic carbocycles. The SMILES string of the molecule is Cc1cn[nH]c1S(=O)(=O)c1cc(F)cc(C(=O)Nc2nc3ccc(OC4=CCN(C)C=C4)cc3n2C(C)C)c1. The third-order valence-corrected chi connectivity index (χ3v) is 8.01. The van der Waals surface area contributed by atoms with Crippen LogP contribution in [0.25, 0.3) is 11.0 Å². The smallest absolute Gasteiger partial charge is 0.258 e. The van der Waals surface area contributed by atoms with Crippen molar-refractivity contribution < 1.29 is 22.3 Å². The largest absolute Gasteiger partial charge is 0.458 e. The minimum atomic E-state index is -4.12. The minimum absolute atomic E-state index is 0.102. The number of ether oxygens (including phenoxy) is 1. The molecule has 10 nitrogen and oxygen atoms in total. The zero-order chi connectivity index (χ0) is 27.9.